The second-order valence-corrected chi connectivity index (χ2v) is 5.15. The Hall–Kier alpha value is -1.52. The number of rotatable bonds is 2. The maximum absolute atomic E-state index is 12.4. The van der Waals surface area contributed by atoms with Crippen molar-refractivity contribution in [2.75, 3.05) is 18.8 Å². The molecule has 2 rings (SSSR count). The molecular weight excluding hydrogens is 228 g/mol. The second kappa shape index (κ2) is 5.42. The summed E-state index contributed by atoms with van der Waals surface area (Å²) >= 11 is 0. The Kier molecular flexibility index (Phi) is 3.89. The van der Waals surface area contributed by atoms with E-state index < -0.39 is 0 Å². The molecular formula is C13H22N4O. The smallest absolute Gasteiger partial charge is 0.276 e. The lowest BCUT2D eigenvalue weighted by atomic mass is 10.0. The maximum atomic E-state index is 12.4. The summed E-state index contributed by atoms with van der Waals surface area (Å²) in [6.45, 7) is 5.86. The van der Waals surface area contributed by atoms with Crippen LogP contribution < -0.4 is 5.73 Å². The number of hydrogen-bond donors (Lipinski definition) is 2. The van der Waals surface area contributed by atoms with Gasteiger partial charge in [0.25, 0.3) is 5.91 Å². The molecule has 0 aliphatic carbocycles. The van der Waals surface area contributed by atoms with Crippen molar-refractivity contribution in [1.29, 1.82) is 0 Å². The van der Waals surface area contributed by atoms with Crippen molar-refractivity contribution in [3.8, 4) is 0 Å². The van der Waals surface area contributed by atoms with Crippen molar-refractivity contribution >= 4 is 11.6 Å². The molecule has 0 spiro atoms. The molecule has 1 aliphatic rings. The van der Waals surface area contributed by atoms with Crippen LogP contribution in [0.4, 0.5) is 5.69 Å². The van der Waals surface area contributed by atoms with Crippen molar-refractivity contribution in [3.63, 3.8) is 0 Å². The summed E-state index contributed by atoms with van der Waals surface area (Å²) in [5, 5.41) is 6.92. The minimum atomic E-state index is -0.0300. The van der Waals surface area contributed by atoms with Gasteiger partial charge in [0.15, 0.2) is 5.69 Å². The molecule has 0 bridgehead atoms. The molecule has 1 fully saturated rings. The van der Waals surface area contributed by atoms with E-state index in [0.29, 0.717) is 17.3 Å². The van der Waals surface area contributed by atoms with E-state index in [1.807, 2.05) is 11.8 Å². The Labute approximate surface area is 108 Å². The number of aromatic amines is 1. The molecule has 3 N–H and O–H groups in total. The molecule has 1 aromatic rings. The van der Waals surface area contributed by atoms with E-state index in [-0.39, 0.29) is 5.91 Å². The normalized spacial score (nSPS) is 20.8. The van der Waals surface area contributed by atoms with Crippen molar-refractivity contribution in [2.45, 2.75) is 39.5 Å². The predicted octanol–water partition coefficient (Wildman–Crippen LogP) is 1.82. The van der Waals surface area contributed by atoms with Gasteiger partial charge in [0.05, 0.1) is 11.4 Å². The highest BCUT2D eigenvalue weighted by Crippen LogP contribution is 2.21. The number of aromatic nitrogens is 2. The third kappa shape index (κ3) is 2.49. The zero-order valence-corrected chi connectivity index (χ0v) is 11.2. The Balaban J connectivity index is 2.12. The summed E-state index contributed by atoms with van der Waals surface area (Å²) in [7, 11) is 0. The summed E-state index contributed by atoms with van der Waals surface area (Å²) in [6, 6.07) is 0. The monoisotopic (exact) mass is 250 g/mol. The Morgan fingerprint density at radius 1 is 1.50 bits per heavy atom. The molecule has 1 unspecified atom stereocenters. The van der Waals surface area contributed by atoms with Crippen molar-refractivity contribution < 1.29 is 4.79 Å². The van der Waals surface area contributed by atoms with Gasteiger partial charge >= 0.3 is 0 Å². The third-order valence-electron chi connectivity index (χ3n) is 3.74. The number of hydrogen-bond acceptors (Lipinski definition) is 3. The summed E-state index contributed by atoms with van der Waals surface area (Å²) in [4.78, 5) is 14.3. The number of H-pyrrole nitrogens is 1. The first-order valence-electron chi connectivity index (χ1n) is 6.75. The van der Waals surface area contributed by atoms with E-state index in [4.69, 9.17) is 5.73 Å². The van der Waals surface area contributed by atoms with Crippen LogP contribution >= 0.6 is 0 Å². The van der Waals surface area contributed by atoms with E-state index in [1.54, 1.807) is 0 Å². The molecule has 5 nitrogen and oxygen atoms in total. The molecule has 0 saturated carbocycles. The van der Waals surface area contributed by atoms with Gasteiger partial charge in [-0.05, 0) is 31.6 Å². The highest BCUT2D eigenvalue weighted by molar-refractivity contribution is 5.97. The largest absolute Gasteiger partial charge is 0.395 e. The van der Waals surface area contributed by atoms with Gasteiger partial charge in [-0.3, -0.25) is 9.89 Å². The summed E-state index contributed by atoms with van der Waals surface area (Å²) < 4.78 is 0. The third-order valence-corrected chi connectivity index (χ3v) is 3.74. The number of anilines is 1. The van der Waals surface area contributed by atoms with Gasteiger partial charge in [-0.15, -0.1) is 0 Å². The first-order chi connectivity index (χ1) is 8.63. The number of aryl methyl sites for hydroxylation is 1. The Morgan fingerprint density at radius 2 is 2.28 bits per heavy atom. The van der Waals surface area contributed by atoms with Gasteiger partial charge in [0.2, 0.25) is 0 Å². The number of likely N-dealkylation sites (tertiary alicyclic amines) is 1. The zero-order valence-electron chi connectivity index (χ0n) is 11.2. The lowest BCUT2D eigenvalue weighted by molar-refractivity contribution is 0.0755. The fourth-order valence-corrected chi connectivity index (χ4v) is 2.44. The molecule has 18 heavy (non-hydrogen) atoms. The molecule has 5 heteroatoms. The first kappa shape index (κ1) is 12.9. The minimum absolute atomic E-state index is 0.0300. The number of nitrogens with one attached hydrogen (secondary N) is 1. The van der Waals surface area contributed by atoms with E-state index >= 15 is 0 Å². The van der Waals surface area contributed by atoms with Crippen LogP contribution in [0.15, 0.2) is 0 Å². The molecule has 1 amide bonds. The van der Waals surface area contributed by atoms with Crippen LogP contribution in [0, 0.1) is 5.92 Å². The number of nitrogen functional groups attached to an aromatic ring is 1. The molecule has 1 saturated heterocycles. The zero-order chi connectivity index (χ0) is 13.1. The van der Waals surface area contributed by atoms with Crippen LogP contribution in [0.3, 0.4) is 0 Å². The number of nitrogens with zero attached hydrogens (tertiary/aromatic N) is 2. The van der Waals surface area contributed by atoms with Gasteiger partial charge in [-0.25, -0.2) is 0 Å². The minimum Gasteiger partial charge on any atom is -0.395 e. The molecule has 2 heterocycles. The SMILES string of the molecule is CCc1[nH]nc(C(=O)N2CCCC(C)CC2)c1N. The van der Waals surface area contributed by atoms with Crippen molar-refractivity contribution in [1.82, 2.24) is 15.1 Å². The van der Waals surface area contributed by atoms with E-state index in [1.165, 1.54) is 6.42 Å². The predicted molar refractivity (Wildman–Crippen MR) is 71.3 cm³/mol. The Morgan fingerprint density at radius 3 is 2.94 bits per heavy atom. The lowest BCUT2D eigenvalue weighted by Crippen LogP contribution is -2.32. The number of amides is 1. The van der Waals surface area contributed by atoms with Crippen LogP contribution in [0.1, 0.15) is 49.3 Å². The van der Waals surface area contributed by atoms with Gasteiger partial charge in [0.1, 0.15) is 0 Å². The van der Waals surface area contributed by atoms with Crippen LogP contribution in [0.2, 0.25) is 0 Å². The van der Waals surface area contributed by atoms with Crippen molar-refractivity contribution in [3.05, 3.63) is 11.4 Å². The second-order valence-electron chi connectivity index (χ2n) is 5.15. The highest BCUT2D eigenvalue weighted by atomic mass is 16.2. The average molecular weight is 250 g/mol. The maximum Gasteiger partial charge on any atom is 0.276 e. The molecule has 100 valence electrons. The van der Waals surface area contributed by atoms with E-state index in [9.17, 15) is 4.79 Å². The molecule has 0 radical (unpaired) electrons. The van der Waals surface area contributed by atoms with Crippen molar-refractivity contribution in [2.24, 2.45) is 5.92 Å². The topological polar surface area (TPSA) is 75.0 Å². The first-order valence-corrected chi connectivity index (χ1v) is 6.75. The van der Waals surface area contributed by atoms with Crippen LogP contribution in [0.5, 0.6) is 0 Å². The lowest BCUT2D eigenvalue weighted by Gasteiger charge is -2.19. The standard InChI is InChI=1S/C13H22N4O/c1-3-10-11(14)12(16-15-10)13(18)17-7-4-5-9(2)6-8-17/h9H,3-8,14H2,1-2H3,(H,15,16). The summed E-state index contributed by atoms with van der Waals surface area (Å²) in [5.41, 5.74) is 7.70. The number of carbonyl (C=O) groups excluding carboxylic acids is 1. The van der Waals surface area contributed by atoms with Gasteiger partial charge in [-0.2, -0.15) is 5.10 Å². The quantitative estimate of drug-likeness (QED) is 0.840. The summed E-state index contributed by atoms with van der Waals surface area (Å²) in [6.07, 6.45) is 4.09. The fourth-order valence-electron chi connectivity index (χ4n) is 2.44. The van der Waals surface area contributed by atoms with Crippen LogP contribution in [0.25, 0.3) is 0 Å². The molecule has 1 aliphatic heterocycles. The number of carbonyl (C=O) groups is 1. The van der Waals surface area contributed by atoms with Crippen LogP contribution in [-0.4, -0.2) is 34.1 Å². The van der Waals surface area contributed by atoms with E-state index in [0.717, 1.165) is 38.0 Å². The van der Waals surface area contributed by atoms with Gasteiger partial charge in [-0.1, -0.05) is 13.8 Å². The highest BCUT2D eigenvalue weighted by Gasteiger charge is 2.24. The average Bonchev–Trinajstić information content (AvgIpc) is 2.59. The molecule has 1 aromatic heterocycles. The number of nitrogens with two attached hydrogens (primary N) is 1. The molecule has 1 atom stereocenters. The van der Waals surface area contributed by atoms with E-state index in [2.05, 4.69) is 17.1 Å². The summed E-state index contributed by atoms with van der Waals surface area (Å²) in [5.74, 6) is 0.670. The van der Waals surface area contributed by atoms with Gasteiger partial charge < -0.3 is 10.6 Å². The van der Waals surface area contributed by atoms with Gasteiger partial charge in [0, 0.05) is 13.1 Å². The fraction of sp³-hybridized carbons (Fsp3) is 0.692. The molecule has 0 aromatic carbocycles. The Bertz CT molecular complexity index is 427. The van der Waals surface area contributed by atoms with Crippen LogP contribution in [-0.2, 0) is 6.42 Å².